The lowest BCUT2D eigenvalue weighted by molar-refractivity contribution is -0.157. The average Bonchev–Trinajstić information content (AvgIpc) is 3.81. The molecule has 0 saturated carbocycles. The maximum absolute atomic E-state index is 15.2. The number of nitrogens with one attached hydrogen (secondary N) is 1. The molecule has 1 spiro atoms. The van der Waals surface area contributed by atoms with Crippen LogP contribution in [0.3, 0.4) is 0 Å². The topological polar surface area (TPSA) is 188 Å². The summed E-state index contributed by atoms with van der Waals surface area (Å²) in [6.45, 7) is 8.95. The van der Waals surface area contributed by atoms with Gasteiger partial charge in [-0.3, -0.25) is 15.1 Å². The van der Waals surface area contributed by atoms with E-state index in [4.69, 9.17) is 37.9 Å². The molecule has 7 aliphatic rings. The number of aryl methyl sites for hydroxylation is 1. The molecule has 2 N–H and O–H groups in total. The molecule has 0 radical (unpaired) electrons. The number of carbonyl (C=O) groups is 3. The minimum absolute atomic E-state index is 0.0122. The lowest BCUT2D eigenvalue weighted by Crippen LogP contribution is -2.69. The van der Waals surface area contributed by atoms with E-state index in [0.29, 0.717) is 64.5 Å². The number of phenols is 1. The first-order chi connectivity index (χ1) is 33.1. The van der Waals surface area contributed by atoms with Crippen molar-refractivity contribution in [3.05, 3.63) is 105 Å². The first-order valence-corrected chi connectivity index (χ1v) is 24.0. The predicted octanol–water partition coefficient (Wildman–Crippen LogP) is 7.29. The molecule has 0 aromatic heterocycles. The van der Waals surface area contributed by atoms with E-state index in [2.05, 4.69) is 21.2 Å². The van der Waals surface area contributed by atoms with Crippen molar-refractivity contribution >= 4 is 35.9 Å². The van der Waals surface area contributed by atoms with E-state index < -0.39 is 58.7 Å². The molecular formula is C52H54N4O12S. The Balaban J connectivity index is 1.18. The molecule has 0 amide bonds. The van der Waals surface area contributed by atoms with Gasteiger partial charge in [0.15, 0.2) is 40.0 Å². The number of piperazine rings is 1. The van der Waals surface area contributed by atoms with Gasteiger partial charge in [-0.05, 0) is 101 Å². The van der Waals surface area contributed by atoms with Crippen LogP contribution in [0.4, 0.5) is 4.79 Å². The number of nitriles is 1. The van der Waals surface area contributed by atoms with Crippen LogP contribution in [0.1, 0.15) is 88.2 Å². The summed E-state index contributed by atoms with van der Waals surface area (Å²) in [5, 5.41) is 26.5. The van der Waals surface area contributed by atoms with Crippen LogP contribution in [0, 0.1) is 25.2 Å². The smallest absolute Gasteiger partial charge is 0.504 e. The third-order valence-corrected chi connectivity index (χ3v) is 15.6. The van der Waals surface area contributed by atoms with Gasteiger partial charge in [-0.2, -0.15) is 5.26 Å². The summed E-state index contributed by atoms with van der Waals surface area (Å²) in [4.78, 5) is 46.6. The Kier molecular flexibility index (Phi) is 11.7. The van der Waals surface area contributed by atoms with Crippen molar-refractivity contribution in [2.24, 2.45) is 0 Å². The fourth-order valence-electron chi connectivity index (χ4n) is 11.3. The van der Waals surface area contributed by atoms with Gasteiger partial charge in [0.05, 0.1) is 37.6 Å². The second kappa shape index (κ2) is 17.5. The van der Waals surface area contributed by atoms with Crippen molar-refractivity contribution in [2.75, 3.05) is 47.0 Å². The summed E-state index contributed by atoms with van der Waals surface area (Å²) in [6.07, 6.45) is 3.09. The second-order valence-corrected chi connectivity index (χ2v) is 20.3. The van der Waals surface area contributed by atoms with Gasteiger partial charge in [-0.1, -0.05) is 36.4 Å². The molecular weight excluding hydrogens is 905 g/mol. The SMILES string of the molecule is COc1cc2c(cc1OC(=O)OC(C)(C)C)CCN[C@]21CS[C@@H]2c3c(OC(=O)C=Cc4ccccc4)c(C)c4c(c3[C@H](COC1=O)N1C2[C@H]2c3c(cc(C)c(OC)c3O)C[C@@H]([C@@H]1C#N)N2C)OCO4. The van der Waals surface area contributed by atoms with Crippen LogP contribution in [0.25, 0.3) is 6.08 Å². The highest BCUT2D eigenvalue weighted by Gasteiger charge is 2.62. The standard InChI is InChI=1S/C52H54N4O12S/c1-26-18-30-19-32-33(22-53)56-34-23-63-49(59)52(31-21-35(61-7)36(20-29(31)16-17-54-52)66-50(60)68-51(3,4)5)24-69-48(42(56)41(55(32)6)38(30)43(58)44(26)62-8)40-39(34)47-46(64-25-65-47)27(2)45(40)67-37(57)15-14-28-12-10-9-11-13-28/h9-15,18,20-21,32-34,41-42,48,54,58H,16-17,19,23-25H2,1-8H3/t32-,33-,34-,41+,42?,48+,52+/m0/s1. The highest BCUT2D eigenvalue weighted by atomic mass is 32.2. The number of ether oxygens (including phenoxy) is 8. The highest BCUT2D eigenvalue weighted by molar-refractivity contribution is 7.99. The van der Waals surface area contributed by atoms with Crippen LogP contribution in [-0.2, 0) is 37.4 Å². The Morgan fingerprint density at radius 2 is 1.74 bits per heavy atom. The van der Waals surface area contributed by atoms with Crippen LogP contribution < -0.4 is 33.7 Å². The number of nitrogens with zero attached hydrogens (tertiary/aromatic N) is 3. The maximum atomic E-state index is 15.2. The molecule has 16 nitrogen and oxygen atoms in total. The molecule has 69 heavy (non-hydrogen) atoms. The summed E-state index contributed by atoms with van der Waals surface area (Å²) in [6, 6.07) is 14.4. The van der Waals surface area contributed by atoms with E-state index in [9.17, 15) is 20.0 Å². The van der Waals surface area contributed by atoms with E-state index in [1.807, 2.05) is 57.3 Å². The molecule has 0 aliphatic carbocycles. The quantitative estimate of drug-likeness (QED) is 0.0848. The van der Waals surface area contributed by atoms with Crippen molar-refractivity contribution in [3.8, 4) is 46.3 Å². The Labute approximate surface area is 404 Å². The minimum atomic E-state index is -1.48. The fourth-order valence-corrected chi connectivity index (χ4v) is 13.0. The number of rotatable bonds is 6. The van der Waals surface area contributed by atoms with E-state index >= 15 is 4.79 Å². The molecule has 7 atom stereocenters. The number of methoxy groups -OCH3 is 2. The largest absolute Gasteiger partial charge is 0.514 e. The van der Waals surface area contributed by atoms with Gasteiger partial charge in [0, 0.05) is 52.7 Å². The first-order valence-electron chi connectivity index (χ1n) is 22.9. The van der Waals surface area contributed by atoms with Crippen LogP contribution in [0.5, 0.6) is 40.2 Å². The average molecular weight is 959 g/mol. The molecule has 11 rings (SSSR count). The zero-order chi connectivity index (χ0) is 48.7. The van der Waals surface area contributed by atoms with Crippen molar-refractivity contribution in [1.29, 1.82) is 5.26 Å². The Morgan fingerprint density at radius 3 is 2.46 bits per heavy atom. The van der Waals surface area contributed by atoms with Crippen molar-refractivity contribution in [3.63, 3.8) is 0 Å². The van der Waals surface area contributed by atoms with Crippen LogP contribution in [-0.4, -0.2) is 104 Å². The normalized spacial score (nSPS) is 25.6. The molecule has 4 aromatic rings. The summed E-state index contributed by atoms with van der Waals surface area (Å²) >= 11 is 1.45. The van der Waals surface area contributed by atoms with Gasteiger partial charge in [0.1, 0.15) is 24.0 Å². The highest BCUT2D eigenvalue weighted by Crippen LogP contribution is 2.64. The number of benzene rings is 4. The van der Waals surface area contributed by atoms with Crippen LogP contribution in [0.15, 0.2) is 54.6 Å². The number of thioether (sulfide) groups is 1. The Hall–Kier alpha value is -6.45. The molecule has 17 heteroatoms. The molecule has 2 saturated heterocycles. The van der Waals surface area contributed by atoms with Gasteiger partial charge in [-0.25, -0.2) is 14.4 Å². The van der Waals surface area contributed by atoms with E-state index in [0.717, 1.165) is 22.3 Å². The molecule has 4 bridgehead atoms. The predicted molar refractivity (Wildman–Crippen MR) is 253 cm³/mol. The van der Waals surface area contributed by atoms with E-state index in [1.54, 1.807) is 39.0 Å². The molecule has 4 aromatic carbocycles. The molecule has 360 valence electrons. The zero-order valence-corrected chi connectivity index (χ0v) is 40.5. The van der Waals surface area contributed by atoms with E-state index in [1.165, 1.54) is 32.1 Å². The molecule has 7 aliphatic heterocycles. The number of carbonyl (C=O) groups excluding carboxylic acids is 3. The van der Waals surface area contributed by atoms with Crippen molar-refractivity contribution in [1.82, 2.24) is 15.1 Å². The van der Waals surface area contributed by atoms with Crippen molar-refractivity contribution in [2.45, 2.75) is 94.1 Å². The maximum Gasteiger partial charge on any atom is 0.514 e. The van der Waals surface area contributed by atoms with Crippen LogP contribution in [0.2, 0.25) is 0 Å². The monoisotopic (exact) mass is 958 g/mol. The minimum Gasteiger partial charge on any atom is -0.504 e. The van der Waals surface area contributed by atoms with Gasteiger partial charge < -0.3 is 43.0 Å². The fraction of sp³-hybridized carbons (Fsp3) is 0.423. The number of fused-ring (bicyclic) bond motifs is 9. The molecule has 1 unspecified atom stereocenters. The number of aromatic hydroxyl groups is 1. The van der Waals surface area contributed by atoms with Gasteiger partial charge in [-0.15, -0.1) is 11.8 Å². The number of esters is 2. The number of hydrogen-bond acceptors (Lipinski definition) is 17. The molecule has 7 heterocycles. The second-order valence-electron chi connectivity index (χ2n) is 19.2. The van der Waals surface area contributed by atoms with Gasteiger partial charge in [0.25, 0.3) is 0 Å². The third-order valence-electron chi connectivity index (χ3n) is 14.2. The lowest BCUT2D eigenvalue weighted by Gasteiger charge is -2.62. The number of hydrogen-bond donors (Lipinski definition) is 2. The van der Waals surface area contributed by atoms with Crippen molar-refractivity contribution < 1.29 is 57.4 Å². The number of phenolic OH excluding ortho intramolecular Hbond substituents is 1. The Morgan fingerprint density at radius 1 is 0.971 bits per heavy atom. The first kappa shape index (κ1) is 46.3. The van der Waals surface area contributed by atoms with Gasteiger partial charge >= 0.3 is 18.1 Å². The van der Waals surface area contributed by atoms with Crippen LogP contribution >= 0.6 is 11.8 Å². The van der Waals surface area contributed by atoms with Gasteiger partial charge in [0.2, 0.25) is 6.79 Å². The third kappa shape index (κ3) is 7.59. The molecule has 2 fully saturated rings. The summed E-state index contributed by atoms with van der Waals surface area (Å²) in [7, 11) is 4.96. The summed E-state index contributed by atoms with van der Waals surface area (Å²) in [5.41, 5.74) is 3.92. The summed E-state index contributed by atoms with van der Waals surface area (Å²) < 4.78 is 48.4. The lowest BCUT2D eigenvalue weighted by atomic mass is 9.71. The summed E-state index contributed by atoms with van der Waals surface area (Å²) in [5.74, 6) is 0.656. The number of likely N-dealkylation sites (N-methyl/N-ethyl adjacent to an activating group) is 1. The van der Waals surface area contributed by atoms with E-state index in [-0.39, 0.29) is 48.2 Å². The zero-order valence-electron chi connectivity index (χ0n) is 39.7. The Bertz CT molecular complexity index is 2860.